The van der Waals surface area contributed by atoms with Crippen molar-refractivity contribution in [2.24, 2.45) is 4.40 Å². The number of hydrogen-bond acceptors (Lipinski definition) is 6. The average molecular weight is 388 g/mol. The van der Waals surface area contributed by atoms with Crippen molar-refractivity contribution in [2.75, 3.05) is 38.0 Å². The van der Waals surface area contributed by atoms with E-state index in [4.69, 9.17) is 4.42 Å². The van der Waals surface area contributed by atoms with Crippen LogP contribution in [0.15, 0.2) is 50.3 Å². The van der Waals surface area contributed by atoms with Gasteiger partial charge in [-0.25, -0.2) is 0 Å². The second-order valence-corrected chi connectivity index (χ2v) is 8.26. The summed E-state index contributed by atoms with van der Waals surface area (Å²) in [4.78, 5) is 16.3. The number of carbonyl (C=O) groups excluding carboxylic acids is 1. The van der Waals surface area contributed by atoms with Gasteiger partial charge in [-0.15, -0.1) is 4.40 Å². The van der Waals surface area contributed by atoms with Gasteiger partial charge in [-0.3, -0.25) is 9.69 Å². The molecule has 0 unspecified atom stereocenters. The number of nitrogens with zero attached hydrogens (tertiary/aromatic N) is 3. The molecule has 1 aromatic heterocycles. The number of aryl methyl sites for hydroxylation is 1. The van der Waals surface area contributed by atoms with E-state index in [2.05, 4.69) is 14.6 Å². The predicted molar refractivity (Wildman–Crippen MR) is 100 cm³/mol. The predicted octanol–water partition coefficient (Wildman–Crippen LogP) is 1.56. The number of fused-ring (bicyclic) bond motifs is 1. The molecule has 0 atom stereocenters. The fraction of sp³-hybridized carbons (Fsp3) is 0.333. The third-order valence-corrected chi connectivity index (χ3v) is 6.04. The van der Waals surface area contributed by atoms with Crippen molar-refractivity contribution < 1.29 is 17.6 Å². The van der Waals surface area contributed by atoms with Crippen LogP contribution in [0.25, 0.3) is 0 Å². The molecule has 2 aliphatic rings. The summed E-state index contributed by atoms with van der Waals surface area (Å²) < 4.78 is 34.0. The molecule has 1 amide bonds. The largest absolute Gasteiger partial charge is 0.459 e. The van der Waals surface area contributed by atoms with Crippen molar-refractivity contribution in [1.82, 2.24) is 9.80 Å². The van der Waals surface area contributed by atoms with Crippen molar-refractivity contribution in [3.8, 4) is 0 Å². The molecular weight excluding hydrogens is 368 g/mol. The molecular formula is C18H20N4O4S. The van der Waals surface area contributed by atoms with Crippen molar-refractivity contribution >= 4 is 27.5 Å². The standard InChI is InChI=1S/C18H20N4O4S/c1-13-4-5-14-16(11-13)27(24,25)20-17(19-14)12-21-6-8-22(9-7-21)18(23)15-3-2-10-26-15/h2-5,10-11H,6-9,12H2,1H3,(H,19,20). The number of amides is 1. The first-order valence-corrected chi connectivity index (χ1v) is 10.1. The third-order valence-electron chi connectivity index (χ3n) is 4.69. The van der Waals surface area contributed by atoms with Crippen molar-refractivity contribution in [3.05, 3.63) is 47.9 Å². The summed E-state index contributed by atoms with van der Waals surface area (Å²) in [5.41, 5.74) is 1.42. The Labute approximate surface area is 157 Å². The lowest BCUT2D eigenvalue weighted by atomic mass is 10.2. The van der Waals surface area contributed by atoms with Gasteiger partial charge in [-0.2, -0.15) is 8.42 Å². The SMILES string of the molecule is Cc1ccc2c(c1)S(=O)(=O)N=C(CN1CCN(C(=O)c3ccco3)CC1)N2. The Hall–Kier alpha value is -2.65. The highest BCUT2D eigenvalue weighted by Crippen LogP contribution is 2.28. The van der Waals surface area contributed by atoms with Gasteiger partial charge in [0, 0.05) is 26.2 Å². The van der Waals surface area contributed by atoms with Gasteiger partial charge in [0.2, 0.25) is 0 Å². The molecule has 1 fully saturated rings. The van der Waals surface area contributed by atoms with Crippen molar-refractivity contribution in [3.63, 3.8) is 0 Å². The van der Waals surface area contributed by atoms with Crippen LogP contribution in [-0.4, -0.2) is 62.7 Å². The van der Waals surface area contributed by atoms with Gasteiger partial charge in [0.15, 0.2) is 5.76 Å². The van der Waals surface area contributed by atoms with E-state index >= 15 is 0 Å². The highest BCUT2D eigenvalue weighted by molar-refractivity contribution is 7.90. The fourth-order valence-corrected chi connectivity index (χ4v) is 4.49. The molecule has 142 valence electrons. The Morgan fingerprint density at radius 3 is 2.70 bits per heavy atom. The molecule has 27 heavy (non-hydrogen) atoms. The Balaban J connectivity index is 1.41. The van der Waals surface area contributed by atoms with E-state index in [1.54, 1.807) is 29.2 Å². The van der Waals surface area contributed by atoms with Crippen LogP contribution in [0.3, 0.4) is 0 Å². The first-order valence-electron chi connectivity index (χ1n) is 8.69. The number of benzene rings is 1. The van der Waals surface area contributed by atoms with Crippen LogP contribution in [0.1, 0.15) is 16.1 Å². The van der Waals surface area contributed by atoms with Gasteiger partial charge in [0.25, 0.3) is 15.9 Å². The summed E-state index contributed by atoms with van der Waals surface area (Å²) in [5.74, 6) is 0.608. The minimum atomic E-state index is -3.70. The maximum absolute atomic E-state index is 12.4. The first kappa shape index (κ1) is 17.7. The molecule has 3 heterocycles. The van der Waals surface area contributed by atoms with Gasteiger partial charge in [0.05, 0.1) is 18.5 Å². The van der Waals surface area contributed by atoms with E-state index in [-0.39, 0.29) is 10.8 Å². The molecule has 0 spiro atoms. The van der Waals surface area contributed by atoms with Crippen LogP contribution in [0.2, 0.25) is 0 Å². The van der Waals surface area contributed by atoms with Crippen LogP contribution in [-0.2, 0) is 10.0 Å². The maximum Gasteiger partial charge on any atom is 0.289 e. The number of carbonyl (C=O) groups is 1. The molecule has 1 aromatic carbocycles. The van der Waals surface area contributed by atoms with E-state index in [0.29, 0.717) is 50.0 Å². The summed E-state index contributed by atoms with van der Waals surface area (Å²) in [6.45, 7) is 4.60. The molecule has 2 aromatic rings. The summed E-state index contributed by atoms with van der Waals surface area (Å²) in [5, 5.41) is 3.12. The van der Waals surface area contributed by atoms with E-state index in [0.717, 1.165) is 5.56 Å². The first-order chi connectivity index (χ1) is 12.9. The summed E-state index contributed by atoms with van der Waals surface area (Å²) in [7, 11) is -3.70. The number of piperazine rings is 1. The van der Waals surface area contributed by atoms with Crippen LogP contribution >= 0.6 is 0 Å². The minimum absolute atomic E-state index is 0.125. The van der Waals surface area contributed by atoms with E-state index < -0.39 is 10.0 Å². The van der Waals surface area contributed by atoms with Crippen molar-refractivity contribution in [1.29, 1.82) is 0 Å². The summed E-state index contributed by atoms with van der Waals surface area (Å²) in [6, 6.07) is 8.59. The molecule has 2 aliphatic heterocycles. The van der Waals surface area contributed by atoms with Gasteiger partial charge < -0.3 is 14.6 Å². The normalized spacial score (nSPS) is 19.1. The van der Waals surface area contributed by atoms with Gasteiger partial charge in [-0.1, -0.05) is 6.07 Å². The van der Waals surface area contributed by atoms with Crippen molar-refractivity contribution in [2.45, 2.75) is 11.8 Å². The number of anilines is 1. The quantitative estimate of drug-likeness (QED) is 0.857. The highest BCUT2D eigenvalue weighted by Gasteiger charge is 2.28. The Bertz CT molecular complexity index is 990. The third kappa shape index (κ3) is 3.60. The number of rotatable bonds is 3. The average Bonchev–Trinajstić information content (AvgIpc) is 3.17. The van der Waals surface area contributed by atoms with E-state index in [9.17, 15) is 13.2 Å². The van der Waals surface area contributed by atoms with E-state index in [1.165, 1.54) is 6.26 Å². The lowest BCUT2D eigenvalue weighted by Gasteiger charge is -2.34. The summed E-state index contributed by atoms with van der Waals surface area (Å²) >= 11 is 0. The highest BCUT2D eigenvalue weighted by atomic mass is 32.2. The van der Waals surface area contributed by atoms with Crippen LogP contribution in [0.4, 0.5) is 5.69 Å². The number of sulfonamides is 1. The zero-order valence-electron chi connectivity index (χ0n) is 14.9. The monoisotopic (exact) mass is 388 g/mol. The second kappa shape index (κ2) is 6.82. The number of nitrogens with one attached hydrogen (secondary N) is 1. The van der Waals surface area contributed by atoms with Gasteiger partial charge >= 0.3 is 0 Å². The molecule has 0 saturated carbocycles. The minimum Gasteiger partial charge on any atom is -0.459 e. The number of hydrogen-bond donors (Lipinski definition) is 1. The molecule has 1 N–H and O–H groups in total. The smallest absolute Gasteiger partial charge is 0.289 e. The van der Waals surface area contributed by atoms with Crippen LogP contribution < -0.4 is 5.32 Å². The van der Waals surface area contributed by atoms with Crippen LogP contribution in [0, 0.1) is 6.92 Å². The summed E-state index contributed by atoms with van der Waals surface area (Å²) in [6.07, 6.45) is 1.48. The molecule has 1 saturated heterocycles. The Kier molecular flexibility index (Phi) is 4.48. The number of amidine groups is 1. The zero-order chi connectivity index (χ0) is 19.0. The molecule has 4 rings (SSSR count). The molecule has 0 bridgehead atoms. The Morgan fingerprint density at radius 1 is 1.22 bits per heavy atom. The Morgan fingerprint density at radius 2 is 2.00 bits per heavy atom. The lowest BCUT2D eigenvalue weighted by Crippen LogP contribution is -2.50. The maximum atomic E-state index is 12.4. The molecule has 0 aliphatic carbocycles. The van der Waals surface area contributed by atoms with E-state index in [1.807, 2.05) is 13.0 Å². The fourth-order valence-electron chi connectivity index (χ4n) is 3.26. The topological polar surface area (TPSA) is 95.2 Å². The molecule has 8 nitrogen and oxygen atoms in total. The number of furan rings is 1. The van der Waals surface area contributed by atoms with Gasteiger partial charge in [-0.05, 0) is 36.8 Å². The van der Waals surface area contributed by atoms with Crippen LogP contribution in [0.5, 0.6) is 0 Å². The molecule has 0 radical (unpaired) electrons. The lowest BCUT2D eigenvalue weighted by molar-refractivity contribution is 0.0623. The zero-order valence-corrected chi connectivity index (χ0v) is 15.7. The molecule has 9 heteroatoms. The second-order valence-electron chi connectivity index (χ2n) is 6.68. The van der Waals surface area contributed by atoms with Gasteiger partial charge in [0.1, 0.15) is 10.7 Å².